The predicted octanol–water partition coefficient (Wildman–Crippen LogP) is 0.0601. The molecule has 7 heteroatoms. The van der Waals surface area contributed by atoms with E-state index >= 15 is 0 Å². The van der Waals surface area contributed by atoms with Crippen molar-refractivity contribution in [2.75, 3.05) is 44.6 Å². The highest BCUT2D eigenvalue weighted by Gasteiger charge is 2.09. The Morgan fingerprint density at radius 2 is 2.11 bits per heavy atom. The molecule has 0 aromatic carbocycles. The first kappa shape index (κ1) is 12.3. The molecule has 3 rings (SSSR count). The van der Waals surface area contributed by atoms with Crippen LogP contribution < -0.4 is 10.6 Å². The first-order valence-electron chi connectivity index (χ1n) is 6.74. The van der Waals surface area contributed by atoms with Crippen LogP contribution in [0.5, 0.6) is 0 Å². The highest BCUT2D eigenvalue weighted by molar-refractivity contribution is 5.81. The fourth-order valence-electron chi connectivity index (χ4n) is 2.34. The Balaban J connectivity index is 1.48. The third-order valence-electron chi connectivity index (χ3n) is 3.38. The molecular formula is C12H19N7. The molecule has 102 valence electrons. The molecule has 3 N–H and O–H groups in total. The number of fused-ring (bicyclic) bond motifs is 1. The van der Waals surface area contributed by atoms with Crippen molar-refractivity contribution in [2.24, 2.45) is 0 Å². The Morgan fingerprint density at radius 1 is 1.21 bits per heavy atom. The van der Waals surface area contributed by atoms with E-state index in [9.17, 15) is 0 Å². The molecule has 0 aliphatic carbocycles. The van der Waals surface area contributed by atoms with Crippen molar-refractivity contribution in [1.82, 2.24) is 30.2 Å². The summed E-state index contributed by atoms with van der Waals surface area (Å²) in [5, 5.41) is 6.71. The monoisotopic (exact) mass is 261 g/mol. The molecule has 7 nitrogen and oxygen atoms in total. The summed E-state index contributed by atoms with van der Waals surface area (Å²) in [6.45, 7) is 6.56. The molecule has 1 aliphatic heterocycles. The SMILES string of the molecule is c1nc(NCCCN2CCNCC2)c2[nH]cnc2n1. The van der Waals surface area contributed by atoms with Gasteiger partial charge in [0.2, 0.25) is 0 Å². The van der Waals surface area contributed by atoms with E-state index in [0.717, 1.165) is 57.0 Å². The lowest BCUT2D eigenvalue weighted by Crippen LogP contribution is -2.44. The molecule has 0 amide bonds. The van der Waals surface area contributed by atoms with E-state index in [1.54, 1.807) is 12.7 Å². The molecule has 0 atom stereocenters. The molecule has 19 heavy (non-hydrogen) atoms. The second kappa shape index (κ2) is 5.94. The Labute approximate surface area is 111 Å². The van der Waals surface area contributed by atoms with E-state index in [1.165, 1.54) is 0 Å². The summed E-state index contributed by atoms with van der Waals surface area (Å²) in [5.74, 6) is 0.836. The van der Waals surface area contributed by atoms with Gasteiger partial charge in [0, 0.05) is 32.7 Å². The maximum Gasteiger partial charge on any atom is 0.182 e. The second-order valence-corrected chi connectivity index (χ2v) is 4.70. The fraction of sp³-hybridized carbons (Fsp3) is 0.583. The topological polar surface area (TPSA) is 81.8 Å². The average molecular weight is 261 g/mol. The third kappa shape index (κ3) is 2.99. The van der Waals surface area contributed by atoms with Crippen LogP contribution in [0.4, 0.5) is 5.82 Å². The van der Waals surface area contributed by atoms with Gasteiger partial charge in [-0.05, 0) is 13.0 Å². The van der Waals surface area contributed by atoms with Crippen molar-refractivity contribution in [3.8, 4) is 0 Å². The van der Waals surface area contributed by atoms with Gasteiger partial charge in [0.15, 0.2) is 11.5 Å². The molecule has 0 spiro atoms. The van der Waals surface area contributed by atoms with Gasteiger partial charge < -0.3 is 20.5 Å². The molecule has 3 heterocycles. The van der Waals surface area contributed by atoms with E-state index in [0.29, 0.717) is 5.65 Å². The van der Waals surface area contributed by atoms with Gasteiger partial charge in [-0.15, -0.1) is 0 Å². The number of aromatic amines is 1. The van der Waals surface area contributed by atoms with Crippen LogP contribution in [-0.2, 0) is 0 Å². The van der Waals surface area contributed by atoms with Crippen LogP contribution in [0.3, 0.4) is 0 Å². The van der Waals surface area contributed by atoms with Crippen LogP contribution in [0.2, 0.25) is 0 Å². The minimum atomic E-state index is 0.708. The van der Waals surface area contributed by atoms with E-state index in [-0.39, 0.29) is 0 Å². The van der Waals surface area contributed by atoms with Crippen LogP contribution in [0.25, 0.3) is 11.2 Å². The van der Waals surface area contributed by atoms with Crippen LogP contribution in [0.1, 0.15) is 6.42 Å². The van der Waals surface area contributed by atoms with Gasteiger partial charge in [0.25, 0.3) is 0 Å². The van der Waals surface area contributed by atoms with Crippen LogP contribution in [0, 0.1) is 0 Å². The fourth-order valence-corrected chi connectivity index (χ4v) is 2.34. The molecule has 0 unspecified atom stereocenters. The number of nitrogens with zero attached hydrogens (tertiary/aromatic N) is 4. The van der Waals surface area contributed by atoms with Crippen LogP contribution in [-0.4, -0.2) is 64.1 Å². The predicted molar refractivity (Wildman–Crippen MR) is 74.1 cm³/mol. The van der Waals surface area contributed by atoms with Crippen molar-refractivity contribution in [3.63, 3.8) is 0 Å². The highest BCUT2D eigenvalue weighted by Crippen LogP contribution is 2.13. The number of rotatable bonds is 5. The zero-order valence-electron chi connectivity index (χ0n) is 10.9. The molecule has 0 radical (unpaired) electrons. The summed E-state index contributed by atoms with van der Waals surface area (Å²) < 4.78 is 0. The van der Waals surface area contributed by atoms with Gasteiger partial charge in [-0.2, -0.15) is 0 Å². The van der Waals surface area contributed by atoms with Crippen molar-refractivity contribution in [1.29, 1.82) is 0 Å². The first-order chi connectivity index (χ1) is 9.43. The standard InChI is InChI=1S/C12H19N7/c1(5-19-6-3-13-4-7-19)2-14-11-10-12(16-8-15-10)18-9-17-11/h8-9,13H,1-7H2,(H2,14,15,16,17,18). The molecule has 2 aromatic heterocycles. The van der Waals surface area contributed by atoms with Gasteiger partial charge in [0.05, 0.1) is 6.33 Å². The molecule has 1 aliphatic rings. The summed E-state index contributed by atoms with van der Waals surface area (Å²) in [7, 11) is 0. The number of piperazine rings is 1. The molecular weight excluding hydrogens is 242 g/mol. The lowest BCUT2D eigenvalue weighted by atomic mass is 10.3. The van der Waals surface area contributed by atoms with E-state index in [2.05, 4.69) is 35.5 Å². The maximum atomic E-state index is 4.25. The smallest absolute Gasteiger partial charge is 0.182 e. The molecule has 1 fully saturated rings. The van der Waals surface area contributed by atoms with E-state index < -0.39 is 0 Å². The number of anilines is 1. The number of H-pyrrole nitrogens is 1. The quantitative estimate of drug-likeness (QED) is 0.660. The summed E-state index contributed by atoms with van der Waals surface area (Å²) in [6.07, 6.45) is 4.30. The van der Waals surface area contributed by atoms with Crippen LogP contribution >= 0.6 is 0 Å². The number of hydrogen-bond acceptors (Lipinski definition) is 6. The van der Waals surface area contributed by atoms with Gasteiger partial charge in [-0.1, -0.05) is 0 Å². The number of hydrogen-bond donors (Lipinski definition) is 3. The Bertz CT molecular complexity index is 518. The van der Waals surface area contributed by atoms with E-state index in [1.807, 2.05) is 0 Å². The third-order valence-corrected chi connectivity index (χ3v) is 3.38. The van der Waals surface area contributed by atoms with Gasteiger partial charge in [-0.25, -0.2) is 15.0 Å². The number of aromatic nitrogens is 4. The van der Waals surface area contributed by atoms with Crippen molar-refractivity contribution in [3.05, 3.63) is 12.7 Å². The molecule has 2 aromatic rings. The van der Waals surface area contributed by atoms with Gasteiger partial charge in [-0.3, -0.25) is 0 Å². The molecule has 0 saturated carbocycles. The van der Waals surface area contributed by atoms with Gasteiger partial charge in [0.1, 0.15) is 11.8 Å². The zero-order valence-corrected chi connectivity index (χ0v) is 10.9. The summed E-state index contributed by atoms with van der Waals surface area (Å²) in [5.41, 5.74) is 1.59. The second-order valence-electron chi connectivity index (χ2n) is 4.70. The lowest BCUT2D eigenvalue weighted by Gasteiger charge is -2.27. The summed E-state index contributed by atoms with van der Waals surface area (Å²) in [6, 6.07) is 0. The Hall–Kier alpha value is -1.73. The van der Waals surface area contributed by atoms with Crippen molar-refractivity contribution >= 4 is 17.0 Å². The lowest BCUT2D eigenvalue weighted by molar-refractivity contribution is 0.240. The zero-order chi connectivity index (χ0) is 12.9. The largest absolute Gasteiger partial charge is 0.368 e. The summed E-state index contributed by atoms with van der Waals surface area (Å²) >= 11 is 0. The molecule has 1 saturated heterocycles. The van der Waals surface area contributed by atoms with E-state index in [4.69, 9.17) is 0 Å². The Kier molecular flexibility index (Phi) is 3.85. The average Bonchev–Trinajstić information content (AvgIpc) is 2.94. The molecule has 0 bridgehead atoms. The van der Waals surface area contributed by atoms with Gasteiger partial charge >= 0.3 is 0 Å². The van der Waals surface area contributed by atoms with Crippen molar-refractivity contribution in [2.45, 2.75) is 6.42 Å². The number of nitrogens with one attached hydrogen (secondary N) is 3. The minimum Gasteiger partial charge on any atom is -0.368 e. The first-order valence-corrected chi connectivity index (χ1v) is 6.74. The van der Waals surface area contributed by atoms with Crippen LogP contribution in [0.15, 0.2) is 12.7 Å². The minimum absolute atomic E-state index is 0.708. The normalized spacial score (nSPS) is 16.8. The summed E-state index contributed by atoms with van der Waals surface area (Å²) in [4.78, 5) is 18.0. The highest BCUT2D eigenvalue weighted by atomic mass is 15.2. The van der Waals surface area contributed by atoms with Crippen molar-refractivity contribution < 1.29 is 0 Å². The number of imidazole rings is 1. The maximum absolute atomic E-state index is 4.25. The Morgan fingerprint density at radius 3 is 3.00 bits per heavy atom.